The Morgan fingerprint density at radius 2 is 2.10 bits per heavy atom. The molecule has 2 heterocycles. The number of hydrogen-bond donors (Lipinski definition) is 0. The van der Waals surface area contributed by atoms with Gasteiger partial charge in [-0.2, -0.15) is 0 Å². The lowest BCUT2D eigenvalue weighted by molar-refractivity contribution is -0.130. The minimum absolute atomic E-state index is 0.162. The smallest absolute Gasteiger partial charge is 0.242 e. The van der Waals surface area contributed by atoms with Gasteiger partial charge in [-0.05, 0) is 31.4 Å². The number of likely N-dealkylation sites (tertiary alicyclic amines) is 1. The lowest BCUT2D eigenvalue weighted by Gasteiger charge is -2.16. The van der Waals surface area contributed by atoms with Crippen LogP contribution in [-0.4, -0.2) is 33.4 Å². The van der Waals surface area contributed by atoms with Crippen LogP contribution in [0.4, 0.5) is 0 Å². The maximum Gasteiger partial charge on any atom is 0.242 e. The first-order chi connectivity index (χ1) is 9.70. The van der Waals surface area contributed by atoms with Gasteiger partial charge in [-0.3, -0.25) is 4.79 Å². The van der Waals surface area contributed by atoms with E-state index in [1.54, 1.807) is 0 Å². The molecular formula is C15H18ClN3O. The summed E-state index contributed by atoms with van der Waals surface area (Å²) in [7, 11) is 0. The number of aryl methyl sites for hydroxylation is 1. The Morgan fingerprint density at radius 1 is 1.35 bits per heavy atom. The summed E-state index contributed by atoms with van der Waals surface area (Å²) in [6.45, 7) is 4.11. The summed E-state index contributed by atoms with van der Waals surface area (Å²) < 4.78 is 1.95. The second-order valence-corrected chi connectivity index (χ2v) is 5.55. The van der Waals surface area contributed by atoms with Crippen LogP contribution in [0.3, 0.4) is 0 Å². The largest absolute Gasteiger partial charge is 0.341 e. The topological polar surface area (TPSA) is 38.1 Å². The molecule has 1 amide bonds. The van der Waals surface area contributed by atoms with E-state index in [1.165, 1.54) is 0 Å². The number of carbonyl (C=O) groups is 1. The number of imidazole rings is 1. The molecule has 3 rings (SSSR count). The number of halogens is 1. The molecule has 2 aromatic rings. The van der Waals surface area contributed by atoms with Gasteiger partial charge in [-0.25, -0.2) is 4.98 Å². The molecule has 1 aliphatic heterocycles. The minimum Gasteiger partial charge on any atom is -0.341 e. The molecule has 20 heavy (non-hydrogen) atoms. The number of fused-ring (bicyclic) bond motifs is 1. The Bertz CT molecular complexity index is 644. The van der Waals surface area contributed by atoms with Crippen LogP contribution in [0, 0.1) is 6.92 Å². The van der Waals surface area contributed by atoms with Crippen molar-refractivity contribution in [3.63, 3.8) is 0 Å². The molecular weight excluding hydrogens is 274 g/mol. The summed E-state index contributed by atoms with van der Waals surface area (Å²) in [6.07, 6.45) is 2.22. The van der Waals surface area contributed by atoms with E-state index in [1.807, 2.05) is 34.6 Å². The summed E-state index contributed by atoms with van der Waals surface area (Å²) >= 11 is 5.99. The maximum absolute atomic E-state index is 12.3. The Morgan fingerprint density at radius 3 is 2.80 bits per heavy atom. The highest BCUT2D eigenvalue weighted by Gasteiger charge is 2.20. The normalized spacial score (nSPS) is 15.2. The van der Waals surface area contributed by atoms with Crippen LogP contribution in [0.5, 0.6) is 0 Å². The summed E-state index contributed by atoms with van der Waals surface area (Å²) in [4.78, 5) is 18.8. The molecule has 1 aliphatic rings. The molecule has 5 heteroatoms. The molecule has 0 atom stereocenters. The summed E-state index contributed by atoms with van der Waals surface area (Å²) in [5, 5.41) is 0. The zero-order valence-corrected chi connectivity index (χ0v) is 12.4. The fraction of sp³-hybridized carbons (Fsp3) is 0.467. The second kappa shape index (κ2) is 5.44. The van der Waals surface area contributed by atoms with Crippen molar-refractivity contribution in [3.05, 3.63) is 29.6 Å². The first-order valence-corrected chi connectivity index (χ1v) is 7.52. The van der Waals surface area contributed by atoms with Crippen LogP contribution < -0.4 is 0 Å². The van der Waals surface area contributed by atoms with Gasteiger partial charge in [0.2, 0.25) is 5.91 Å². The van der Waals surface area contributed by atoms with Gasteiger partial charge in [-0.15, -0.1) is 11.6 Å². The van der Waals surface area contributed by atoms with Crippen molar-refractivity contribution in [3.8, 4) is 0 Å². The van der Waals surface area contributed by atoms with Crippen LogP contribution in [-0.2, 0) is 17.2 Å². The van der Waals surface area contributed by atoms with E-state index in [0.29, 0.717) is 12.4 Å². The third kappa shape index (κ3) is 2.29. The molecule has 1 saturated heterocycles. The SMILES string of the molecule is Cc1cccc2c1nc(CCl)n2CC(=O)N1CCCC1. The van der Waals surface area contributed by atoms with Gasteiger partial charge in [0, 0.05) is 13.1 Å². The van der Waals surface area contributed by atoms with E-state index >= 15 is 0 Å². The Hall–Kier alpha value is -1.55. The molecule has 0 aliphatic carbocycles. The van der Waals surface area contributed by atoms with Crippen LogP contribution in [0.1, 0.15) is 24.2 Å². The first-order valence-electron chi connectivity index (χ1n) is 6.99. The average molecular weight is 292 g/mol. The number of para-hydroxylation sites is 1. The molecule has 1 aromatic carbocycles. The Balaban J connectivity index is 1.97. The van der Waals surface area contributed by atoms with Crippen molar-refractivity contribution < 1.29 is 4.79 Å². The van der Waals surface area contributed by atoms with Gasteiger partial charge in [0.25, 0.3) is 0 Å². The number of carbonyl (C=O) groups excluding carboxylic acids is 1. The van der Waals surface area contributed by atoms with Crippen molar-refractivity contribution in [2.45, 2.75) is 32.2 Å². The third-order valence-corrected chi connectivity index (χ3v) is 4.17. The van der Waals surface area contributed by atoms with Crippen LogP contribution in [0.25, 0.3) is 11.0 Å². The van der Waals surface area contributed by atoms with E-state index in [2.05, 4.69) is 4.98 Å². The number of amides is 1. The minimum atomic E-state index is 0.162. The fourth-order valence-electron chi connectivity index (χ4n) is 2.82. The highest BCUT2D eigenvalue weighted by atomic mass is 35.5. The second-order valence-electron chi connectivity index (χ2n) is 5.28. The van der Waals surface area contributed by atoms with Gasteiger partial charge < -0.3 is 9.47 Å². The molecule has 0 N–H and O–H groups in total. The van der Waals surface area contributed by atoms with Crippen molar-refractivity contribution in [2.24, 2.45) is 0 Å². The lowest BCUT2D eigenvalue weighted by atomic mass is 10.2. The zero-order chi connectivity index (χ0) is 14.1. The molecule has 1 aromatic heterocycles. The Kier molecular flexibility index (Phi) is 3.66. The highest BCUT2D eigenvalue weighted by molar-refractivity contribution is 6.16. The highest BCUT2D eigenvalue weighted by Crippen LogP contribution is 2.21. The molecule has 106 valence electrons. The summed E-state index contributed by atoms with van der Waals surface area (Å²) in [5.41, 5.74) is 3.05. The van der Waals surface area contributed by atoms with Crippen molar-refractivity contribution in [2.75, 3.05) is 13.1 Å². The Labute approximate surface area is 123 Å². The van der Waals surface area contributed by atoms with Crippen molar-refractivity contribution in [1.29, 1.82) is 0 Å². The van der Waals surface area contributed by atoms with E-state index in [-0.39, 0.29) is 5.91 Å². The van der Waals surface area contributed by atoms with Crippen LogP contribution >= 0.6 is 11.6 Å². The van der Waals surface area contributed by atoms with Gasteiger partial charge in [-0.1, -0.05) is 12.1 Å². The summed E-state index contributed by atoms with van der Waals surface area (Å²) in [5.74, 6) is 1.25. The lowest BCUT2D eigenvalue weighted by Crippen LogP contribution is -2.31. The fourth-order valence-corrected chi connectivity index (χ4v) is 3.02. The van der Waals surface area contributed by atoms with Gasteiger partial charge in [0.05, 0.1) is 16.9 Å². The molecule has 4 nitrogen and oxygen atoms in total. The molecule has 0 bridgehead atoms. The maximum atomic E-state index is 12.3. The number of alkyl halides is 1. The van der Waals surface area contributed by atoms with Crippen LogP contribution in [0.2, 0.25) is 0 Å². The van der Waals surface area contributed by atoms with Crippen molar-refractivity contribution in [1.82, 2.24) is 14.5 Å². The number of benzene rings is 1. The monoisotopic (exact) mass is 291 g/mol. The quantitative estimate of drug-likeness (QED) is 0.816. The average Bonchev–Trinajstić information content (AvgIpc) is 3.07. The van der Waals surface area contributed by atoms with Crippen LogP contribution in [0.15, 0.2) is 18.2 Å². The van der Waals surface area contributed by atoms with Gasteiger partial charge in [0.15, 0.2) is 0 Å². The van der Waals surface area contributed by atoms with E-state index in [0.717, 1.165) is 48.4 Å². The zero-order valence-electron chi connectivity index (χ0n) is 11.6. The molecule has 1 fully saturated rings. The molecule has 0 spiro atoms. The van der Waals surface area contributed by atoms with Gasteiger partial charge in [0.1, 0.15) is 12.4 Å². The predicted molar refractivity (Wildman–Crippen MR) is 79.8 cm³/mol. The molecule has 0 radical (unpaired) electrons. The number of aromatic nitrogens is 2. The van der Waals surface area contributed by atoms with Crippen molar-refractivity contribution >= 4 is 28.5 Å². The predicted octanol–water partition coefficient (Wildman–Crippen LogP) is 2.71. The summed E-state index contributed by atoms with van der Waals surface area (Å²) in [6, 6.07) is 6.02. The van der Waals surface area contributed by atoms with E-state index < -0.39 is 0 Å². The van der Waals surface area contributed by atoms with E-state index in [9.17, 15) is 4.79 Å². The molecule has 0 saturated carbocycles. The number of hydrogen-bond acceptors (Lipinski definition) is 2. The third-order valence-electron chi connectivity index (χ3n) is 3.93. The van der Waals surface area contributed by atoms with E-state index in [4.69, 9.17) is 11.6 Å². The van der Waals surface area contributed by atoms with Gasteiger partial charge >= 0.3 is 0 Å². The first kappa shape index (κ1) is 13.4. The number of rotatable bonds is 3. The standard InChI is InChI=1S/C15H18ClN3O/c1-11-5-4-6-12-15(11)17-13(9-16)19(12)10-14(20)18-7-2-3-8-18/h4-6H,2-3,7-10H2,1H3. The molecule has 0 unspecified atom stereocenters. The number of nitrogens with zero attached hydrogens (tertiary/aromatic N) is 3.